The zero-order chi connectivity index (χ0) is 12.0. The second-order valence-corrected chi connectivity index (χ2v) is 7.33. The van der Waals surface area contributed by atoms with E-state index in [-0.39, 0.29) is 12.8 Å². The minimum absolute atomic E-state index is 0.207. The Labute approximate surface area is 95.3 Å². The molecule has 2 rings (SSSR count). The number of hydrogen-bond donors (Lipinski definition) is 1. The Kier molecular flexibility index (Phi) is 2.74. The van der Waals surface area contributed by atoms with Gasteiger partial charge < -0.3 is 10.5 Å². The molecule has 0 saturated carbocycles. The maximum atomic E-state index is 12.0. The first-order valence-corrected chi connectivity index (χ1v) is 7.11. The van der Waals surface area contributed by atoms with Crippen molar-refractivity contribution in [2.45, 2.75) is 48.1 Å². The Hall–Kier alpha value is -0.620. The Morgan fingerprint density at radius 3 is 2.25 bits per heavy atom. The van der Waals surface area contributed by atoms with Crippen LogP contribution < -0.4 is 5.73 Å². The van der Waals surface area contributed by atoms with Crippen LogP contribution in [0.4, 0.5) is 0 Å². The molecule has 5 nitrogen and oxygen atoms in total. The zero-order valence-electron chi connectivity index (χ0n) is 9.31. The van der Waals surface area contributed by atoms with Gasteiger partial charge in [0.05, 0.1) is 17.6 Å². The third-order valence-corrected chi connectivity index (χ3v) is 6.42. The van der Waals surface area contributed by atoms with Gasteiger partial charge in [-0.3, -0.25) is 4.79 Å². The lowest BCUT2D eigenvalue weighted by Crippen LogP contribution is -2.60. The lowest BCUT2D eigenvalue weighted by molar-refractivity contribution is -0.148. The van der Waals surface area contributed by atoms with Crippen LogP contribution in [0.15, 0.2) is 0 Å². The van der Waals surface area contributed by atoms with Crippen molar-refractivity contribution in [1.82, 2.24) is 0 Å². The Balaban J connectivity index is 2.30. The number of rotatable bonds is 1. The molecule has 6 heteroatoms. The molecule has 16 heavy (non-hydrogen) atoms. The quantitative estimate of drug-likeness (QED) is 0.658. The molecule has 0 aromatic carbocycles. The van der Waals surface area contributed by atoms with Crippen LogP contribution in [0.2, 0.25) is 0 Å². The molecular weight excluding hydrogens is 230 g/mol. The first kappa shape index (κ1) is 11.9. The summed E-state index contributed by atoms with van der Waals surface area (Å²) in [4.78, 5) is 11.6. The standard InChI is InChI=1S/C10H17NO4S/c1-15-9(12)10(11)5-7-3-2-4-8(6-10)16(7,13)14/h7-8H,2-6,11H2,1H3. The molecule has 2 aliphatic rings. The second kappa shape index (κ2) is 3.70. The highest BCUT2D eigenvalue weighted by Crippen LogP contribution is 2.40. The molecule has 2 fully saturated rings. The number of carbonyl (C=O) groups excluding carboxylic acids is 1. The van der Waals surface area contributed by atoms with E-state index in [9.17, 15) is 13.2 Å². The minimum Gasteiger partial charge on any atom is -0.468 e. The van der Waals surface area contributed by atoms with Crippen LogP contribution in [0.3, 0.4) is 0 Å². The highest BCUT2D eigenvalue weighted by atomic mass is 32.2. The van der Waals surface area contributed by atoms with Crippen molar-refractivity contribution in [3.05, 3.63) is 0 Å². The SMILES string of the molecule is COC(=O)C1(N)CC2CCCC(C1)S2(=O)=O. The van der Waals surface area contributed by atoms with Gasteiger partial charge in [0, 0.05) is 0 Å². The Bertz CT molecular complexity index is 383. The van der Waals surface area contributed by atoms with Gasteiger partial charge in [0.25, 0.3) is 0 Å². The van der Waals surface area contributed by atoms with Crippen molar-refractivity contribution in [2.24, 2.45) is 5.73 Å². The molecule has 2 aliphatic heterocycles. The third-order valence-electron chi connectivity index (χ3n) is 3.76. The van der Waals surface area contributed by atoms with Gasteiger partial charge >= 0.3 is 5.97 Å². The maximum absolute atomic E-state index is 12.0. The number of esters is 1. The molecule has 2 heterocycles. The summed E-state index contributed by atoms with van der Waals surface area (Å²) in [6, 6.07) is 0. The van der Waals surface area contributed by atoms with Crippen LogP contribution in [0.5, 0.6) is 0 Å². The van der Waals surface area contributed by atoms with Gasteiger partial charge in [-0.1, -0.05) is 6.42 Å². The minimum atomic E-state index is -3.07. The molecule has 2 atom stereocenters. The first-order chi connectivity index (χ1) is 7.40. The topological polar surface area (TPSA) is 86.5 Å². The summed E-state index contributed by atoms with van der Waals surface area (Å²) in [6.45, 7) is 0. The summed E-state index contributed by atoms with van der Waals surface area (Å²) in [7, 11) is -1.78. The lowest BCUT2D eigenvalue weighted by atomic mass is 9.83. The number of carbonyl (C=O) groups is 1. The van der Waals surface area contributed by atoms with E-state index in [0.29, 0.717) is 12.8 Å². The Morgan fingerprint density at radius 1 is 1.31 bits per heavy atom. The van der Waals surface area contributed by atoms with Crippen molar-refractivity contribution >= 4 is 15.8 Å². The van der Waals surface area contributed by atoms with E-state index in [4.69, 9.17) is 5.73 Å². The monoisotopic (exact) mass is 247 g/mol. The average molecular weight is 247 g/mol. The van der Waals surface area contributed by atoms with Crippen LogP contribution in [-0.2, 0) is 19.4 Å². The summed E-state index contributed by atoms with van der Waals surface area (Å²) in [5.41, 5.74) is 4.88. The van der Waals surface area contributed by atoms with Crippen molar-refractivity contribution < 1.29 is 17.9 Å². The van der Waals surface area contributed by atoms with Gasteiger partial charge in [0.2, 0.25) is 0 Å². The normalized spacial score (nSPS) is 41.4. The number of hydrogen-bond acceptors (Lipinski definition) is 5. The second-order valence-electron chi connectivity index (χ2n) is 4.82. The lowest BCUT2D eigenvalue weighted by Gasteiger charge is -2.42. The maximum Gasteiger partial charge on any atom is 0.325 e. The molecule has 0 aliphatic carbocycles. The van der Waals surface area contributed by atoms with Crippen LogP contribution in [0.25, 0.3) is 0 Å². The van der Waals surface area contributed by atoms with Gasteiger partial charge in [-0.2, -0.15) is 0 Å². The summed E-state index contributed by atoms with van der Waals surface area (Å²) in [5, 5.41) is -0.909. The molecule has 0 amide bonds. The smallest absolute Gasteiger partial charge is 0.325 e. The van der Waals surface area contributed by atoms with Crippen LogP contribution in [0, 0.1) is 0 Å². The van der Waals surface area contributed by atoms with E-state index < -0.39 is 31.8 Å². The molecule has 0 radical (unpaired) electrons. The predicted octanol–water partition coefficient (Wildman–Crippen LogP) is -0.0134. The summed E-state index contributed by atoms with van der Waals surface area (Å²) in [5.74, 6) is -0.487. The molecule has 2 unspecified atom stereocenters. The van der Waals surface area contributed by atoms with Crippen LogP contribution in [0.1, 0.15) is 32.1 Å². The highest BCUT2D eigenvalue weighted by molar-refractivity contribution is 7.92. The summed E-state index contributed by atoms with van der Waals surface area (Å²) in [6.07, 6.45) is 2.56. The number of nitrogens with two attached hydrogens (primary N) is 1. The molecule has 92 valence electrons. The van der Waals surface area contributed by atoms with Gasteiger partial charge in [-0.25, -0.2) is 8.42 Å². The van der Waals surface area contributed by atoms with E-state index in [1.54, 1.807) is 0 Å². The number of methoxy groups -OCH3 is 1. The number of sulfone groups is 1. The predicted molar refractivity (Wildman–Crippen MR) is 58.5 cm³/mol. The molecule has 2 N–H and O–H groups in total. The van der Waals surface area contributed by atoms with Crippen molar-refractivity contribution in [3.8, 4) is 0 Å². The Morgan fingerprint density at radius 2 is 1.81 bits per heavy atom. The molecular formula is C10H17NO4S. The molecule has 2 saturated heterocycles. The van der Waals surface area contributed by atoms with Gasteiger partial charge in [-0.05, 0) is 25.7 Å². The number of ether oxygens (including phenoxy) is 1. The first-order valence-electron chi connectivity index (χ1n) is 5.50. The highest BCUT2D eigenvalue weighted by Gasteiger charge is 2.53. The molecule has 0 aromatic heterocycles. The summed E-state index contributed by atoms with van der Waals surface area (Å²) < 4.78 is 28.6. The van der Waals surface area contributed by atoms with Crippen molar-refractivity contribution in [2.75, 3.05) is 7.11 Å². The van der Waals surface area contributed by atoms with Crippen molar-refractivity contribution in [1.29, 1.82) is 0 Å². The van der Waals surface area contributed by atoms with E-state index >= 15 is 0 Å². The van der Waals surface area contributed by atoms with Gasteiger partial charge in [0.1, 0.15) is 5.54 Å². The molecule has 0 spiro atoms. The largest absolute Gasteiger partial charge is 0.468 e. The van der Waals surface area contributed by atoms with Crippen LogP contribution >= 0.6 is 0 Å². The van der Waals surface area contributed by atoms with E-state index in [1.807, 2.05) is 0 Å². The van der Waals surface area contributed by atoms with E-state index in [1.165, 1.54) is 7.11 Å². The third kappa shape index (κ3) is 1.64. The zero-order valence-corrected chi connectivity index (χ0v) is 10.1. The van der Waals surface area contributed by atoms with Crippen molar-refractivity contribution in [3.63, 3.8) is 0 Å². The van der Waals surface area contributed by atoms with E-state index in [2.05, 4.69) is 4.74 Å². The molecule has 0 aromatic rings. The fourth-order valence-electron chi connectivity index (χ4n) is 2.88. The average Bonchev–Trinajstić information content (AvgIpc) is 2.19. The fraction of sp³-hybridized carbons (Fsp3) is 0.900. The van der Waals surface area contributed by atoms with Crippen LogP contribution in [-0.4, -0.2) is 37.5 Å². The molecule has 2 bridgehead atoms. The van der Waals surface area contributed by atoms with E-state index in [0.717, 1.165) is 6.42 Å². The summed E-state index contributed by atoms with van der Waals surface area (Å²) >= 11 is 0. The van der Waals surface area contributed by atoms with Gasteiger partial charge in [-0.15, -0.1) is 0 Å². The number of fused-ring (bicyclic) bond motifs is 2. The fourth-order valence-corrected chi connectivity index (χ4v) is 5.47. The van der Waals surface area contributed by atoms with Gasteiger partial charge in [0.15, 0.2) is 9.84 Å².